The molecule has 0 radical (unpaired) electrons. The van der Waals surface area contributed by atoms with E-state index >= 15 is 0 Å². The van der Waals surface area contributed by atoms with Crippen LogP contribution >= 0.6 is 35.3 Å². The topological polar surface area (TPSA) is 82.6 Å². The van der Waals surface area contributed by atoms with E-state index in [0.29, 0.717) is 16.1 Å². The van der Waals surface area contributed by atoms with E-state index < -0.39 is 35.4 Å². The second kappa shape index (κ2) is 8.58. The monoisotopic (exact) mass is 590 g/mol. The molecule has 2 aliphatic heterocycles. The number of thioether (sulfide) groups is 1. The molecule has 3 heterocycles. The summed E-state index contributed by atoms with van der Waals surface area (Å²) in [7, 11) is 1.48. The standard InChI is InChI=1S/C27H21F3N2O4S3/c1-36-16-6-5-10(7-15(16)33)17-18-13-9-14(21(18)38-23-22(17)39-26(37)31-23)20-19(13)24(34)32(25(20)35)12-4-2-3-11(8-12)27(28,29)30/h2-8,13-14,17-21,33H,9H2,1H3,(H,31,37). The molecular weight excluding hydrogens is 570 g/mol. The average molecular weight is 591 g/mol. The second-order valence-corrected chi connectivity index (χ2v) is 13.4. The Morgan fingerprint density at radius 2 is 1.85 bits per heavy atom. The normalized spacial score (nSPS) is 30.9. The van der Waals surface area contributed by atoms with Crippen molar-refractivity contribution in [3.8, 4) is 11.5 Å². The lowest BCUT2D eigenvalue weighted by molar-refractivity contribution is -0.137. The number of H-pyrrole nitrogens is 1. The molecular formula is C27H21F3N2O4S3. The molecule has 2 aliphatic carbocycles. The third-order valence-electron chi connectivity index (χ3n) is 8.72. The number of phenols is 1. The molecule has 2 N–H and O–H groups in total. The average Bonchev–Trinajstić information content (AvgIpc) is 3.62. The zero-order valence-electron chi connectivity index (χ0n) is 20.3. The number of carbonyl (C=O) groups is 2. The summed E-state index contributed by atoms with van der Waals surface area (Å²) < 4.78 is 46.1. The van der Waals surface area contributed by atoms with E-state index in [-0.39, 0.29) is 40.4 Å². The van der Waals surface area contributed by atoms with E-state index in [1.165, 1.54) is 30.6 Å². The van der Waals surface area contributed by atoms with Crippen LogP contribution in [0.4, 0.5) is 18.9 Å². The SMILES string of the molecule is COc1ccc(C2c3sc(=S)[nH]c3SC3C4CC(C5C(=O)N(c6cccc(C(F)(F)F)c6)C(=O)C45)C23)cc1O. The number of methoxy groups -OCH3 is 1. The number of imide groups is 1. The second-order valence-electron chi connectivity index (χ2n) is 10.5. The number of thiazole rings is 1. The lowest BCUT2D eigenvalue weighted by Gasteiger charge is -2.43. The van der Waals surface area contributed by atoms with Gasteiger partial charge < -0.3 is 14.8 Å². The Bertz CT molecular complexity index is 1600. The lowest BCUT2D eigenvalue weighted by atomic mass is 9.68. The van der Waals surface area contributed by atoms with E-state index in [2.05, 4.69) is 4.98 Å². The molecule has 2 saturated carbocycles. The summed E-state index contributed by atoms with van der Waals surface area (Å²) in [4.78, 5) is 32.8. The van der Waals surface area contributed by atoms with Gasteiger partial charge in [-0.15, -0.1) is 23.1 Å². The Morgan fingerprint density at radius 1 is 1.10 bits per heavy atom. The molecule has 1 saturated heterocycles. The number of carbonyl (C=O) groups excluding carboxylic acids is 2. The van der Waals surface area contributed by atoms with E-state index in [9.17, 15) is 27.9 Å². The summed E-state index contributed by atoms with van der Waals surface area (Å²) >= 11 is 8.58. The first-order valence-electron chi connectivity index (χ1n) is 12.4. The van der Waals surface area contributed by atoms with Crippen LogP contribution in [0.3, 0.4) is 0 Å². The fraction of sp³-hybridized carbons (Fsp3) is 0.370. The zero-order valence-corrected chi connectivity index (χ0v) is 22.7. The molecule has 7 rings (SSSR count). The number of rotatable bonds is 3. The Morgan fingerprint density at radius 3 is 2.54 bits per heavy atom. The van der Waals surface area contributed by atoms with Crippen LogP contribution in [-0.2, 0) is 15.8 Å². The number of ether oxygens (including phenoxy) is 1. The van der Waals surface area contributed by atoms with Crippen molar-refractivity contribution < 1.29 is 32.6 Å². The van der Waals surface area contributed by atoms with Crippen molar-refractivity contribution >= 4 is 52.8 Å². The molecule has 0 spiro atoms. The number of phenolic OH excluding ortho intramolecular Hbond substituents is 1. The molecule has 2 aromatic carbocycles. The van der Waals surface area contributed by atoms with Gasteiger partial charge in [0.05, 0.1) is 35.2 Å². The van der Waals surface area contributed by atoms with Crippen LogP contribution in [0.1, 0.15) is 28.3 Å². The van der Waals surface area contributed by atoms with E-state index in [4.69, 9.17) is 17.0 Å². The molecule has 2 bridgehead atoms. The summed E-state index contributed by atoms with van der Waals surface area (Å²) in [5, 5.41) is 11.5. The number of alkyl halides is 3. The van der Waals surface area contributed by atoms with Crippen LogP contribution in [0.2, 0.25) is 0 Å². The third kappa shape index (κ3) is 3.57. The summed E-state index contributed by atoms with van der Waals surface area (Å²) in [6.07, 6.45) is -3.89. The predicted octanol–water partition coefficient (Wildman–Crippen LogP) is 6.22. The smallest absolute Gasteiger partial charge is 0.416 e. The van der Waals surface area contributed by atoms with Crippen LogP contribution in [0.5, 0.6) is 11.5 Å². The summed E-state index contributed by atoms with van der Waals surface area (Å²) in [6.45, 7) is 0. The largest absolute Gasteiger partial charge is 0.504 e. The molecule has 2 amide bonds. The zero-order chi connectivity index (χ0) is 27.4. The van der Waals surface area contributed by atoms with Gasteiger partial charge in [0.2, 0.25) is 11.8 Å². The minimum atomic E-state index is -4.59. The quantitative estimate of drug-likeness (QED) is 0.279. The molecule has 12 heteroatoms. The van der Waals surface area contributed by atoms with Crippen molar-refractivity contribution in [1.29, 1.82) is 0 Å². The van der Waals surface area contributed by atoms with Gasteiger partial charge in [0, 0.05) is 16.0 Å². The predicted molar refractivity (Wildman–Crippen MR) is 142 cm³/mol. The van der Waals surface area contributed by atoms with Crippen molar-refractivity contribution in [1.82, 2.24) is 4.98 Å². The molecule has 3 aromatic rings. The number of aromatic hydroxyl groups is 1. The fourth-order valence-corrected chi connectivity index (χ4v) is 10.7. The van der Waals surface area contributed by atoms with Crippen LogP contribution < -0.4 is 9.64 Å². The molecule has 4 aliphatic rings. The van der Waals surface area contributed by atoms with Crippen molar-refractivity contribution in [3.05, 3.63) is 62.4 Å². The number of anilines is 1. The highest BCUT2D eigenvalue weighted by Gasteiger charge is 2.69. The minimum absolute atomic E-state index is 0.00864. The van der Waals surface area contributed by atoms with Crippen LogP contribution in [0, 0.1) is 33.5 Å². The van der Waals surface area contributed by atoms with Crippen molar-refractivity contribution in [3.63, 3.8) is 0 Å². The number of aromatic nitrogens is 1. The van der Waals surface area contributed by atoms with Crippen molar-refractivity contribution in [2.45, 2.75) is 28.8 Å². The van der Waals surface area contributed by atoms with Crippen LogP contribution in [0.25, 0.3) is 0 Å². The van der Waals surface area contributed by atoms with E-state index in [1.54, 1.807) is 23.9 Å². The van der Waals surface area contributed by atoms with E-state index in [1.807, 2.05) is 6.07 Å². The molecule has 39 heavy (non-hydrogen) atoms. The first-order chi connectivity index (χ1) is 18.6. The molecule has 7 atom stereocenters. The highest BCUT2D eigenvalue weighted by atomic mass is 32.2. The van der Waals surface area contributed by atoms with Gasteiger partial charge in [-0.05, 0) is 72.3 Å². The van der Waals surface area contributed by atoms with Gasteiger partial charge in [0.25, 0.3) is 0 Å². The molecule has 202 valence electrons. The number of hydrogen-bond donors (Lipinski definition) is 2. The van der Waals surface area contributed by atoms with Gasteiger partial charge in [-0.1, -0.05) is 12.1 Å². The number of hydrogen-bond acceptors (Lipinski definition) is 7. The van der Waals surface area contributed by atoms with Crippen LogP contribution in [0.15, 0.2) is 47.5 Å². The molecule has 7 unspecified atom stereocenters. The Hall–Kier alpha value is -2.83. The number of halogens is 3. The molecule has 3 fully saturated rings. The van der Waals surface area contributed by atoms with E-state index in [0.717, 1.165) is 32.5 Å². The highest BCUT2D eigenvalue weighted by molar-refractivity contribution is 8.00. The van der Waals surface area contributed by atoms with Gasteiger partial charge in [-0.3, -0.25) is 14.5 Å². The maximum Gasteiger partial charge on any atom is 0.416 e. The van der Waals surface area contributed by atoms with Crippen molar-refractivity contribution in [2.24, 2.45) is 29.6 Å². The maximum atomic E-state index is 13.8. The number of nitrogens with zero attached hydrogens (tertiary/aromatic N) is 1. The Labute approximate surface area is 234 Å². The number of fused-ring (bicyclic) bond motifs is 9. The summed E-state index contributed by atoms with van der Waals surface area (Å²) in [5.41, 5.74) is -0.0706. The van der Waals surface area contributed by atoms with Crippen molar-refractivity contribution in [2.75, 3.05) is 12.0 Å². The van der Waals surface area contributed by atoms with Gasteiger partial charge >= 0.3 is 6.18 Å². The summed E-state index contributed by atoms with van der Waals surface area (Å²) in [5.74, 6) is -2.07. The van der Waals surface area contributed by atoms with Gasteiger partial charge in [0.1, 0.15) is 0 Å². The highest BCUT2D eigenvalue weighted by Crippen LogP contribution is 2.69. The van der Waals surface area contributed by atoms with Crippen LogP contribution in [-0.4, -0.2) is 34.3 Å². The first-order valence-corrected chi connectivity index (χ1v) is 14.5. The number of aromatic amines is 1. The Kier molecular flexibility index (Phi) is 5.54. The maximum absolute atomic E-state index is 13.8. The third-order valence-corrected chi connectivity index (χ3v) is 11.7. The number of amides is 2. The summed E-state index contributed by atoms with van der Waals surface area (Å²) in [6, 6.07) is 9.72. The van der Waals surface area contributed by atoms with Gasteiger partial charge in [-0.25, -0.2) is 0 Å². The molecule has 6 nitrogen and oxygen atoms in total. The minimum Gasteiger partial charge on any atom is -0.504 e. The first kappa shape index (κ1) is 25.2. The lowest BCUT2D eigenvalue weighted by Crippen LogP contribution is -2.42. The number of benzene rings is 2. The fourth-order valence-electron chi connectivity index (χ4n) is 7.37. The van der Waals surface area contributed by atoms with Gasteiger partial charge in [0.15, 0.2) is 15.5 Å². The van der Waals surface area contributed by atoms with Gasteiger partial charge in [-0.2, -0.15) is 13.2 Å². The molecule has 1 aromatic heterocycles. The Balaban J connectivity index is 1.30. The number of nitrogens with one attached hydrogen (secondary N) is 1.